The van der Waals surface area contributed by atoms with E-state index in [2.05, 4.69) is 4.98 Å². The van der Waals surface area contributed by atoms with E-state index in [9.17, 15) is 18.3 Å². The average Bonchev–Trinajstić information content (AvgIpc) is 2.68. The molecule has 0 amide bonds. The molecule has 3 rings (SSSR count). The van der Waals surface area contributed by atoms with Gasteiger partial charge in [0.05, 0.1) is 11.2 Å². The van der Waals surface area contributed by atoms with Gasteiger partial charge in [-0.15, -0.1) is 0 Å². The van der Waals surface area contributed by atoms with Crippen LogP contribution in [0.15, 0.2) is 18.5 Å². The number of alkyl halides is 3. The Morgan fingerprint density at radius 1 is 1.26 bits per heavy atom. The molecule has 1 N–H and O–H groups in total. The van der Waals surface area contributed by atoms with Crippen molar-refractivity contribution in [2.75, 3.05) is 0 Å². The first kappa shape index (κ1) is 13.2. The molecule has 104 valence electrons. The fourth-order valence-corrected chi connectivity index (χ4v) is 4.98. The summed E-state index contributed by atoms with van der Waals surface area (Å²) in [5.74, 6) is 0. The van der Waals surface area contributed by atoms with E-state index >= 15 is 0 Å². The van der Waals surface area contributed by atoms with Crippen molar-refractivity contribution >= 4 is 11.8 Å². The van der Waals surface area contributed by atoms with Crippen LogP contribution in [0.1, 0.15) is 36.8 Å². The largest absolute Gasteiger partial charge is 0.416 e. The summed E-state index contributed by atoms with van der Waals surface area (Å²) >= 11 is 1.80. The van der Waals surface area contributed by atoms with E-state index in [1.165, 1.54) is 6.20 Å². The van der Waals surface area contributed by atoms with Crippen LogP contribution in [0.4, 0.5) is 13.2 Å². The first-order valence-corrected chi connectivity index (χ1v) is 7.22. The van der Waals surface area contributed by atoms with Gasteiger partial charge >= 0.3 is 6.18 Å². The summed E-state index contributed by atoms with van der Waals surface area (Å²) in [6.45, 7) is 0. The van der Waals surface area contributed by atoms with Gasteiger partial charge in [0.25, 0.3) is 0 Å². The van der Waals surface area contributed by atoms with E-state index < -0.39 is 17.3 Å². The zero-order valence-electron chi connectivity index (χ0n) is 10.2. The minimum atomic E-state index is -4.45. The van der Waals surface area contributed by atoms with Crippen LogP contribution in [-0.2, 0) is 11.8 Å². The monoisotopic (exact) mass is 289 g/mol. The SMILES string of the molecule is OC1(c2cnccc2C(F)(F)F)CC2CCC(C1)S2. The van der Waals surface area contributed by atoms with Gasteiger partial charge < -0.3 is 5.11 Å². The number of aliphatic hydroxyl groups is 1. The van der Waals surface area contributed by atoms with Crippen LogP contribution < -0.4 is 0 Å². The third-order valence-corrected chi connectivity index (χ3v) is 5.53. The molecule has 2 nitrogen and oxygen atoms in total. The van der Waals surface area contributed by atoms with E-state index in [4.69, 9.17) is 0 Å². The molecule has 0 aliphatic carbocycles. The molecular weight excluding hydrogens is 275 g/mol. The van der Waals surface area contributed by atoms with Crippen molar-refractivity contribution in [3.8, 4) is 0 Å². The van der Waals surface area contributed by atoms with Crippen molar-refractivity contribution in [3.63, 3.8) is 0 Å². The zero-order valence-corrected chi connectivity index (χ0v) is 11.0. The Morgan fingerprint density at radius 2 is 1.89 bits per heavy atom. The minimum absolute atomic E-state index is 0.0558. The number of hydrogen-bond donors (Lipinski definition) is 1. The van der Waals surface area contributed by atoms with E-state index in [0.29, 0.717) is 12.8 Å². The Morgan fingerprint density at radius 3 is 2.47 bits per heavy atom. The standard InChI is InChI=1S/C13H14F3NOS/c14-13(15,16)10-3-4-17-7-11(10)12(18)5-8-1-2-9(6-12)19-8/h3-4,7-9,18H,1-2,5-6H2. The van der Waals surface area contributed by atoms with Crippen LogP contribution in [0.5, 0.6) is 0 Å². The van der Waals surface area contributed by atoms with Crippen LogP contribution in [0.2, 0.25) is 0 Å². The molecule has 0 aromatic carbocycles. The van der Waals surface area contributed by atoms with E-state index in [1.54, 1.807) is 11.8 Å². The maximum atomic E-state index is 13.0. The number of rotatable bonds is 1. The van der Waals surface area contributed by atoms with Crippen LogP contribution in [-0.4, -0.2) is 20.6 Å². The molecule has 2 atom stereocenters. The normalized spacial score (nSPS) is 34.5. The van der Waals surface area contributed by atoms with Crippen LogP contribution >= 0.6 is 11.8 Å². The molecular formula is C13H14F3NOS. The zero-order chi connectivity index (χ0) is 13.7. The lowest BCUT2D eigenvalue weighted by molar-refractivity contribution is -0.141. The number of pyridine rings is 1. The lowest BCUT2D eigenvalue weighted by atomic mass is 9.84. The highest BCUT2D eigenvalue weighted by Crippen LogP contribution is 2.52. The van der Waals surface area contributed by atoms with Gasteiger partial charge in [0.1, 0.15) is 0 Å². The number of aromatic nitrogens is 1. The number of nitrogens with zero attached hydrogens (tertiary/aromatic N) is 1. The summed E-state index contributed by atoms with van der Waals surface area (Å²) in [6.07, 6.45) is 0.613. The van der Waals surface area contributed by atoms with Crippen LogP contribution in [0.3, 0.4) is 0 Å². The van der Waals surface area contributed by atoms with Crippen molar-refractivity contribution in [2.24, 2.45) is 0 Å². The first-order valence-electron chi connectivity index (χ1n) is 6.28. The molecule has 3 heterocycles. The summed E-state index contributed by atoms with van der Waals surface area (Å²) in [5.41, 5.74) is -2.19. The lowest BCUT2D eigenvalue weighted by Crippen LogP contribution is -2.36. The molecule has 0 radical (unpaired) electrons. The highest BCUT2D eigenvalue weighted by molar-refractivity contribution is 8.00. The summed E-state index contributed by atoms with van der Waals surface area (Å²) in [7, 11) is 0. The molecule has 2 saturated heterocycles. The van der Waals surface area contributed by atoms with Gasteiger partial charge in [-0.2, -0.15) is 24.9 Å². The summed E-state index contributed by atoms with van der Waals surface area (Å²) in [4.78, 5) is 3.78. The van der Waals surface area contributed by atoms with Gasteiger partial charge in [0.15, 0.2) is 0 Å². The van der Waals surface area contributed by atoms with Gasteiger partial charge in [0.2, 0.25) is 0 Å². The number of thioether (sulfide) groups is 1. The lowest BCUT2D eigenvalue weighted by Gasteiger charge is -2.37. The Bertz CT molecular complexity index is 479. The van der Waals surface area contributed by atoms with Crippen LogP contribution in [0.25, 0.3) is 0 Å². The van der Waals surface area contributed by atoms with E-state index in [0.717, 1.165) is 25.1 Å². The number of halogens is 3. The topological polar surface area (TPSA) is 33.1 Å². The summed E-state index contributed by atoms with van der Waals surface area (Å²) in [6, 6.07) is 0.955. The number of hydrogen-bond acceptors (Lipinski definition) is 3. The fraction of sp³-hybridized carbons (Fsp3) is 0.615. The molecule has 1 aromatic heterocycles. The summed E-state index contributed by atoms with van der Waals surface area (Å²) < 4.78 is 39.1. The van der Waals surface area contributed by atoms with E-state index in [-0.39, 0.29) is 16.1 Å². The van der Waals surface area contributed by atoms with Crippen molar-refractivity contribution in [3.05, 3.63) is 29.6 Å². The number of fused-ring (bicyclic) bond motifs is 2. The fourth-order valence-electron chi connectivity index (χ4n) is 3.15. The third kappa shape index (κ3) is 2.36. The van der Waals surface area contributed by atoms with Crippen molar-refractivity contribution in [2.45, 2.75) is 48.0 Å². The highest BCUT2D eigenvalue weighted by atomic mass is 32.2. The molecule has 19 heavy (non-hydrogen) atoms. The molecule has 2 aliphatic rings. The average molecular weight is 289 g/mol. The Balaban J connectivity index is 2.02. The highest BCUT2D eigenvalue weighted by Gasteiger charge is 2.48. The molecule has 2 bridgehead atoms. The second-order valence-electron chi connectivity index (χ2n) is 5.32. The Hall–Kier alpha value is -0.750. The van der Waals surface area contributed by atoms with Gasteiger partial charge in [0, 0.05) is 28.5 Å². The molecule has 2 fully saturated rings. The molecule has 2 unspecified atom stereocenters. The quantitative estimate of drug-likeness (QED) is 0.860. The predicted octanol–water partition coefficient (Wildman–Crippen LogP) is 3.35. The molecule has 2 aliphatic heterocycles. The molecule has 0 spiro atoms. The van der Waals surface area contributed by atoms with Gasteiger partial charge in [-0.1, -0.05) is 0 Å². The molecule has 6 heteroatoms. The van der Waals surface area contributed by atoms with Gasteiger partial charge in [-0.05, 0) is 31.7 Å². The van der Waals surface area contributed by atoms with Gasteiger partial charge in [-0.25, -0.2) is 0 Å². The second kappa shape index (κ2) is 4.38. The van der Waals surface area contributed by atoms with E-state index in [1.807, 2.05) is 0 Å². The maximum Gasteiger partial charge on any atom is 0.416 e. The summed E-state index contributed by atoms with van der Waals surface area (Å²) in [5, 5.41) is 11.3. The van der Waals surface area contributed by atoms with Gasteiger partial charge in [-0.3, -0.25) is 4.98 Å². The Kier molecular flexibility index (Phi) is 3.05. The predicted molar refractivity (Wildman–Crippen MR) is 66.8 cm³/mol. The van der Waals surface area contributed by atoms with Crippen molar-refractivity contribution in [1.29, 1.82) is 0 Å². The van der Waals surface area contributed by atoms with Crippen molar-refractivity contribution < 1.29 is 18.3 Å². The Labute approximate surface area is 113 Å². The molecule has 0 saturated carbocycles. The smallest absolute Gasteiger partial charge is 0.385 e. The third-order valence-electron chi connectivity index (χ3n) is 3.95. The minimum Gasteiger partial charge on any atom is -0.385 e. The van der Waals surface area contributed by atoms with Crippen LogP contribution in [0, 0.1) is 0 Å². The molecule has 1 aromatic rings. The maximum absolute atomic E-state index is 13.0. The van der Waals surface area contributed by atoms with Crippen molar-refractivity contribution in [1.82, 2.24) is 4.98 Å². The first-order chi connectivity index (χ1) is 8.88. The second-order valence-corrected chi connectivity index (χ2v) is 6.92.